The molecule has 3 rings (SSSR count). The van der Waals surface area contributed by atoms with E-state index in [9.17, 15) is 13.2 Å². The van der Waals surface area contributed by atoms with Gasteiger partial charge in [-0.2, -0.15) is 0 Å². The lowest BCUT2D eigenvalue weighted by Gasteiger charge is -2.34. The molecule has 144 valence electrons. The zero-order valence-electron chi connectivity index (χ0n) is 15.5. The van der Waals surface area contributed by atoms with Gasteiger partial charge >= 0.3 is 0 Å². The third-order valence-electron chi connectivity index (χ3n) is 5.12. The number of nitrogens with zero attached hydrogens (tertiary/aromatic N) is 1. The van der Waals surface area contributed by atoms with Gasteiger partial charge in [0.25, 0.3) is 5.91 Å². The molecule has 5 nitrogen and oxygen atoms in total. The van der Waals surface area contributed by atoms with Gasteiger partial charge in [0.15, 0.2) is 9.84 Å². The van der Waals surface area contributed by atoms with E-state index in [1.807, 2.05) is 11.8 Å². The monoisotopic (exact) mass is 386 g/mol. The van der Waals surface area contributed by atoms with Gasteiger partial charge in [-0.25, -0.2) is 8.42 Å². The minimum Gasteiger partial charge on any atom is -0.338 e. The topological polar surface area (TPSA) is 80.5 Å². The van der Waals surface area contributed by atoms with Crippen molar-refractivity contribution in [2.24, 2.45) is 11.7 Å². The van der Waals surface area contributed by atoms with Gasteiger partial charge in [0.1, 0.15) is 0 Å². The van der Waals surface area contributed by atoms with Crippen molar-refractivity contribution >= 4 is 15.7 Å². The van der Waals surface area contributed by atoms with Gasteiger partial charge in [0.2, 0.25) is 0 Å². The number of carbonyl (C=O) groups excluding carboxylic acids is 1. The lowest BCUT2D eigenvalue weighted by molar-refractivity contribution is 0.0661. The molecule has 0 unspecified atom stereocenters. The summed E-state index contributed by atoms with van der Waals surface area (Å²) in [5.74, 6) is 0.129. The maximum atomic E-state index is 12.9. The predicted octanol–water partition coefficient (Wildman–Crippen LogP) is 2.86. The first-order valence-electron chi connectivity index (χ1n) is 9.28. The Bertz CT molecular complexity index is 895. The quantitative estimate of drug-likeness (QED) is 0.857. The van der Waals surface area contributed by atoms with Crippen LogP contribution in [0.5, 0.6) is 0 Å². The highest BCUT2D eigenvalue weighted by atomic mass is 32.2. The molecule has 2 aromatic carbocycles. The minimum absolute atomic E-state index is 0.0562. The van der Waals surface area contributed by atoms with Crippen molar-refractivity contribution in [2.45, 2.75) is 36.5 Å². The minimum atomic E-state index is -3.44. The van der Waals surface area contributed by atoms with Gasteiger partial charge in [-0.3, -0.25) is 4.79 Å². The van der Waals surface area contributed by atoms with Crippen molar-refractivity contribution in [1.82, 2.24) is 4.90 Å². The van der Waals surface area contributed by atoms with E-state index in [4.69, 9.17) is 5.73 Å². The zero-order valence-corrected chi connectivity index (χ0v) is 16.4. The average molecular weight is 387 g/mol. The fourth-order valence-corrected chi connectivity index (χ4v) is 4.89. The van der Waals surface area contributed by atoms with Crippen molar-refractivity contribution < 1.29 is 13.2 Å². The Morgan fingerprint density at radius 2 is 1.93 bits per heavy atom. The van der Waals surface area contributed by atoms with Gasteiger partial charge in [-0.05, 0) is 55.5 Å². The average Bonchev–Trinajstić information content (AvgIpc) is 2.68. The van der Waals surface area contributed by atoms with E-state index in [0.717, 1.165) is 12.8 Å². The molecule has 2 atom stereocenters. The van der Waals surface area contributed by atoms with E-state index in [1.165, 1.54) is 0 Å². The van der Waals surface area contributed by atoms with Crippen molar-refractivity contribution in [1.29, 1.82) is 0 Å². The highest BCUT2D eigenvalue weighted by molar-refractivity contribution is 7.90. The molecule has 0 aromatic heterocycles. The lowest BCUT2D eigenvalue weighted by Crippen LogP contribution is -2.45. The number of amides is 1. The Labute approximate surface area is 161 Å². The van der Waals surface area contributed by atoms with Crippen molar-refractivity contribution in [3.63, 3.8) is 0 Å². The summed E-state index contributed by atoms with van der Waals surface area (Å²) in [6.45, 7) is 3.35. The van der Waals surface area contributed by atoms with Crippen LogP contribution < -0.4 is 5.73 Å². The summed E-state index contributed by atoms with van der Waals surface area (Å²) in [5.41, 5.74) is 7.16. The van der Waals surface area contributed by atoms with Crippen LogP contribution in [0, 0.1) is 5.92 Å². The third kappa shape index (κ3) is 4.76. The molecule has 2 aromatic rings. The lowest BCUT2D eigenvalue weighted by atomic mass is 9.92. The zero-order chi connectivity index (χ0) is 19.4. The van der Waals surface area contributed by atoms with E-state index in [-0.39, 0.29) is 22.6 Å². The Morgan fingerprint density at radius 1 is 1.19 bits per heavy atom. The number of hydrogen-bond acceptors (Lipinski definition) is 4. The molecule has 6 heteroatoms. The normalized spacial score (nSPS) is 18.9. The van der Waals surface area contributed by atoms with Crippen LogP contribution in [0.1, 0.15) is 35.7 Å². The van der Waals surface area contributed by atoms with Gasteiger partial charge in [-0.1, -0.05) is 30.3 Å². The molecule has 0 bridgehead atoms. The third-order valence-corrected chi connectivity index (χ3v) is 6.83. The molecule has 1 heterocycles. The number of sulfone groups is 1. The van der Waals surface area contributed by atoms with E-state index < -0.39 is 9.84 Å². The van der Waals surface area contributed by atoms with Crippen LogP contribution in [-0.2, 0) is 15.6 Å². The molecule has 0 aliphatic carbocycles. The standard InChI is InChI=1S/C21H26N2O3S/c1-16(22)19-9-6-12-23(14-19)21(24)18-8-5-7-17(13-18)15-27(25,26)20-10-3-2-4-11-20/h2-5,7-8,10-11,13,16,19H,6,9,12,14-15,22H2,1H3/t16-,19+/m0/s1. The fraction of sp³-hybridized carbons (Fsp3) is 0.381. The highest BCUT2D eigenvalue weighted by Crippen LogP contribution is 2.22. The highest BCUT2D eigenvalue weighted by Gasteiger charge is 2.26. The van der Waals surface area contributed by atoms with E-state index >= 15 is 0 Å². The molecular weight excluding hydrogens is 360 g/mol. The molecule has 1 aliphatic rings. The number of hydrogen-bond donors (Lipinski definition) is 1. The van der Waals surface area contributed by atoms with Crippen LogP contribution in [-0.4, -0.2) is 38.4 Å². The molecule has 0 spiro atoms. The summed E-state index contributed by atoms with van der Waals surface area (Å²) in [4.78, 5) is 15.0. The molecule has 1 saturated heterocycles. The van der Waals surface area contributed by atoms with Crippen molar-refractivity contribution in [3.05, 3.63) is 65.7 Å². The SMILES string of the molecule is C[C@H](N)[C@@H]1CCCN(C(=O)c2cccc(CS(=O)(=O)c3ccccc3)c2)C1. The number of benzene rings is 2. The maximum absolute atomic E-state index is 12.9. The molecule has 27 heavy (non-hydrogen) atoms. The second kappa shape index (κ2) is 8.23. The van der Waals surface area contributed by atoms with Gasteiger partial charge in [0.05, 0.1) is 10.6 Å². The van der Waals surface area contributed by atoms with Crippen molar-refractivity contribution in [3.8, 4) is 0 Å². The summed E-state index contributed by atoms with van der Waals surface area (Å²) < 4.78 is 25.2. The van der Waals surface area contributed by atoms with E-state index in [1.54, 1.807) is 54.6 Å². The summed E-state index contributed by atoms with van der Waals surface area (Å²) in [5, 5.41) is 0. The first-order chi connectivity index (χ1) is 12.9. The number of piperidine rings is 1. The van der Waals surface area contributed by atoms with Gasteiger partial charge < -0.3 is 10.6 Å². The summed E-state index contributed by atoms with van der Waals surface area (Å²) in [6, 6.07) is 15.4. The van der Waals surface area contributed by atoms with Crippen LogP contribution in [0.4, 0.5) is 0 Å². The number of nitrogens with two attached hydrogens (primary N) is 1. The van der Waals surface area contributed by atoms with Gasteiger partial charge in [-0.15, -0.1) is 0 Å². The van der Waals surface area contributed by atoms with Crippen LogP contribution >= 0.6 is 0 Å². The molecule has 0 radical (unpaired) electrons. The Morgan fingerprint density at radius 3 is 2.63 bits per heavy atom. The molecular formula is C21H26N2O3S. The largest absolute Gasteiger partial charge is 0.338 e. The second-order valence-corrected chi connectivity index (χ2v) is 9.27. The summed E-state index contributed by atoms with van der Waals surface area (Å²) in [7, 11) is -3.44. The van der Waals surface area contributed by atoms with Crippen LogP contribution in [0.25, 0.3) is 0 Å². The first kappa shape index (κ1) is 19.6. The second-order valence-electron chi connectivity index (χ2n) is 7.29. The fourth-order valence-electron chi connectivity index (χ4n) is 3.53. The van der Waals surface area contributed by atoms with Crippen molar-refractivity contribution in [2.75, 3.05) is 13.1 Å². The van der Waals surface area contributed by atoms with Gasteiger partial charge in [0, 0.05) is 24.7 Å². The molecule has 1 fully saturated rings. The molecule has 1 aliphatic heterocycles. The molecule has 1 amide bonds. The van der Waals surface area contributed by atoms with Crippen LogP contribution in [0.2, 0.25) is 0 Å². The number of likely N-dealkylation sites (tertiary alicyclic amines) is 1. The summed E-state index contributed by atoms with van der Waals surface area (Å²) in [6.07, 6.45) is 1.98. The Hall–Kier alpha value is -2.18. The smallest absolute Gasteiger partial charge is 0.253 e. The molecule has 2 N–H and O–H groups in total. The predicted molar refractivity (Wildman–Crippen MR) is 106 cm³/mol. The first-order valence-corrected chi connectivity index (χ1v) is 10.9. The van der Waals surface area contributed by atoms with Crippen LogP contribution in [0.3, 0.4) is 0 Å². The maximum Gasteiger partial charge on any atom is 0.253 e. The number of rotatable bonds is 5. The Kier molecular flexibility index (Phi) is 5.97. The van der Waals surface area contributed by atoms with E-state index in [0.29, 0.717) is 30.1 Å². The summed E-state index contributed by atoms with van der Waals surface area (Å²) >= 11 is 0. The Balaban J connectivity index is 1.76. The van der Waals surface area contributed by atoms with E-state index in [2.05, 4.69) is 0 Å². The molecule has 0 saturated carbocycles. The van der Waals surface area contributed by atoms with Crippen LogP contribution in [0.15, 0.2) is 59.5 Å². The number of carbonyl (C=O) groups is 1.